The number of nitrogen functional groups attached to an aromatic ring is 1. The number of rotatable bonds is 9. The molecule has 0 spiro atoms. The highest BCUT2D eigenvalue weighted by Gasteiger charge is 2.12. The summed E-state index contributed by atoms with van der Waals surface area (Å²) in [7, 11) is 0. The van der Waals surface area contributed by atoms with Crippen molar-refractivity contribution in [2.45, 2.75) is 44.9 Å². The molecule has 1 rings (SSSR count). The van der Waals surface area contributed by atoms with Gasteiger partial charge in [0.15, 0.2) is 0 Å². The number of aromatic nitrogens is 2. The molecule has 0 aliphatic carbocycles. The van der Waals surface area contributed by atoms with Gasteiger partial charge in [-0.1, -0.05) is 30.4 Å². The minimum Gasteiger partial charge on any atom is -0.400 e. The Morgan fingerprint density at radius 1 is 1.24 bits per heavy atom. The van der Waals surface area contributed by atoms with Crippen LogP contribution in [0.15, 0.2) is 17.1 Å². The van der Waals surface area contributed by atoms with Gasteiger partial charge in [0.2, 0.25) is 5.78 Å². The fourth-order valence-corrected chi connectivity index (χ4v) is 1.56. The first-order valence-electron chi connectivity index (χ1n) is 5.97. The second-order valence-electron chi connectivity index (χ2n) is 3.96. The molecule has 0 amide bonds. The van der Waals surface area contributed by atoms with Crippen molar-refractivity contribution < 1.29 is 9.21 Å². The number of carbonyl (C=O) groups is 1. The van der Waals surface area contributed by atoms with Crippen molar-refractivity contribution >= 4 is 11.8 Å². The third-order valence-electron chi connectivity index (χ3n) is 2.49. The number of carbonyl (C=O) groups excluding carboxylic acids is 1. The molecule has 0 unspecified atom stereocenters. The van der Waals surface area contributed by atoms with Gasteiger partial charge in [0.25, 0.3) is 5.89 Å². The van der Waals surface area contributed by atoms with Gasteiger partial charge in [-0.15, -0.1) is 11.7 Å². The molecule has 0 saturated carbocycles. The highest BCUT2D eigenvalue weighted by Crippen LogP contribution is 2.10. The quantitative estimate of drug-likeness (QED) is 0.405. The van der Waals surface area contributed by atoms with Crippen LogP contribution in [0, 0.1) is 0 Å². The Balaban J connectivity index is 2.06. The van der Waals surface area contributed by atoms with E-state index < -0.39 is 0 Å². The van der Waals surface area contributed by atoms with E-state index in [4.69, 9.17) is 10.2 Å². The molecule has 2 N–H and O–H groups in total. The number of unbranched alkanes of at least 4 members (excludes halogenated alkanes) is 5. The van der Waals surface area contributed by atoms with Gasteiger partial charge >= 0.3 is 6.01 Å². The van der Waals surface area contributed by atoms with E-state index >= 15 is 0 Å². The van der Waals surface area contributed by atoms with Crippen LogP contribution in [0.5, 0.6) is 0 Å². The van der Waals surface area contributed by atoms with Crippen LogP contribution in [0.2, 0.25) is 0 Å². The first-order valence-corrected chi connectivity index (χ1v) is 5.97. The lowest BCUT2D eigenvalue weighted by molar-refractivity contribution is 0.0946. The highest BCUT2D eigenvalue weighted by molar-refractivity contribution is 5.91. The summed E-state index contributed by atoms with van der Waals surface area (Å²) in [5.41, 5.74) is 5.24. The Kier molecular flexibility index (Phi) is 5.99. The zero-order valence-corrected chi connectivity index (χ0v) is 10.0. The van der Waals surface area contributed by atoms with Crippen LogP contribution >= 0.6 is 0 Å². The molecule has 5 nitrogen and oxygen atoms in total. The predicted octanol–water partition coefficient (Wildman–Crippen LogP) is 2.75. The van der Waals surface area contributed by atoms with Crippen LogP contribution in [0.4, 0.5) is 6.01 Å². The second-order valence-corrected chi connectivity index (χ2v) is 3.96. The summed E-state index contributed by atoms with van der Waals surface area (Å²) in [4.78, 5) is 11.5. The summed E-state index contributed by atoms with van der Waals surface area (Å²) in [6, 6.07) is -0.0576. The van der Waals surface area contributed by atoms with E-state index in [1.807, 2.05) is 6.08 Å². The van der Waals surface area contributed by atoms with Crippen LogP contribution in [-0.2, 0) is 0 Å². The number of nitrogens with zero attached hydrogens (tertiary/aromatic N) is 2. The first-order chi connectivity index (χ1) is 8.24. The molecule has 0 saturated heterocycles. The summed E-state index contributed by atoms with van der Waals surface area (Å²) in [6.07, 6.45) is 8.87. The molecule has 0 fully saturated rings. The van der Waals surface area contributed by atoms with Gasteiger partial charge in [0.1, 0.15) is 0 Å². The molecular weight excluding hydrogens is 218 g/mol. The van der Waals surface area contributed by atoms with Gasteiger partial charge in [0.05, 0.1) is 0 Å². The summed E-state index contributed by atoms with van der Waals surface area (Å²) in [5, 5.41) is 7.00. The Labute approximate surface area is 101 Å². The smallest absolute Gasteiger partial charge is 0.313 e. The monoisotopic (exact) mass is 237 g/mol. The maximum atomic E-state index is 11.5. The molecule has 94 valence electrons. The van der Waals surface area contributed by atoms with Gasteiger partial charge in [-0.05, 0) is 19.3 Å². The molecule has 0 bridgehead atoms. The first kappa shape index (κ1) is 13.4. The summed E-state index contributed by atoms with van der Waals surface area (Å²) in [5.74, 6) is -0.102. The number of Topliss-reactive ketones (excluding diaryl/α,β-unsaturated/α-hetero) is 1. The van der Waals surface area contributed by atoms with Gasteiger partial charge in [-0.2, -0.15) is 0 Å². The Morgan fingerprint density at radius 3 is 2.59 bits per heavy atom. The van der Waals surface area contributed by atoms with Gasteiger partial charge in [-0.25, -0.2) is 0 Å². The molecule has 1 heterocycles. The maximum absolute atomic E-state index is 11.5. The van der Waals surface area contributed by atoms with Crippen molar-refractivity contribution in [2.24, 2.45) is 0 Å². The van der Waals surface area contributed by atoms with Gasteiger partial charge in [0, 0.05) is 6.42 Å². The number of anilines is 1. The number of hydrogen-bond donors (Lipinski definition) is 1. The normalized spacial score (nSPS) is 10.4. The molecule has 0 radical (unpaired) electrons. The predicted molar refractivity (Wildman–Crippen MR) is 65.6 cm³/mol. The fraction of sp³-hybridized carbons (Fsp3) is 0.583. The van der Waals surface area contributed by atoms with Crippen LogP contribution < -0.4 is 5.73 Å². The molecule has 0 aliphatic heterocycles. The minimum absolute atomic E-state index is 0.0224. The minimum atomic E-state index is -0.125. The number of allylic oxidation sites excluding steroid dienone is 1. The summed E-state index contributed by atoms with van der Waals surface area (Å²) >= 11 is 0. The van der Waals surface area contributed by atoms with E-state index in [9.17, 15) is 4.79 Å². The molecule has 5 heteroatoms. The van der Waals surface area contributed by atoms with Crippen LogP contribution in [0.1, 0.15) is 55.6 Å². The van der Waals surface area contributed by atoms with Crippen molar-refractivity contribution in [3.8, 4) is 0 Å². The average molecular weight is 237 g/mol. The van der Waals surface area contributed by atoms with Gasteiger partial charge in [-0.3, -0.25) is 4.79 Å². The third-order valence-corrected chi connectivity index (χ3v) is 2.49. The van der Waals surface area contributed by atoms with Crippen molar-refractivity contribution in [1.29, 1.82) is 0 Å². The third kappa shape index (κ3) is 5.29. The van der Waals surface area contributed by atoms with Crippen LogP contribution in [0.25, 0.3) is 0 Å². The van der Waals surface area contributed by atoms with E-state index in [0.717, 1.165) is 25.7 Å². The van der Waals surface area contributed by atoms with Crippen molar-refractivity contribution in [3.63, 3.8) is 0 Å². The number of nitrogens with two attached hydrogens (primary N) is 1. The van der Waals surface area contributed by atoms with E-state index in [-0.39, 0.29) is 17.7 Å². The topological polar surface area (TPSA) is 82.0 Å². The maximum Gasteiger partial charge on any atom is 0.313 e. The lowest BCUT2D eigenvalue weighted by atomic mass is 10.1. The van der Waals surface area contributed by atoms with Crippen LogP contribution in [-0.4, -0.2) is 16.0 Å². The zero-order valence-electron chi connectivity index (χ0n) is 10.0. The number of ketones is 1. The molecule has 1 aromatic rings. The van der Waals surface area contributed by atoms with Crippen molar-refractivity contribution in [2.75, 3.05) is 5.73 Å². The van der Waals surface area contributed by atoms with Crippen molar-refractivity contribution in [3.05, 3.63) is 18.5 Å². The molecular formula is C12H19N3O2. The molecule has 0 aromatic carbocycles. The summed E-state index contributed by atoms with van der Waals surface area (Å²) < 4.78 is 4.85. The zero-order chi connectivity index (χ0) is 12.5. The molecule has 0 atom stereocenters. The van der Waals surface area contributed by atoms with E-state index in [2.05, 4.69) is 16.8 Å². The Bertz CT molecular complexity index is 360. The molecule has 17 heavy (non-hydrogen) atoms. The fourth-order valence-electron chi connectivity index (χ4n) is 1.56. The van der Waals surface area contributed by atoms with Crippen LogP contribution in [0.3, 0.4) is 0 Å². The summed E-state index contributed by atoms with van der Waals surface area (Å²) in [6.45, 7) is 3.68. The van der Waals surface area contributed by atoms with E-state index in [1.165, 1.54) is 12.8 Å². The standard InChI is InChI=1S/C12H19N3O2/c1-2-3-4-5-6-7-8-9-10(16)11-14-15-12(13)17-11/h2H,1,3-9H2,(H2,13,15). The number of hydrogen-bond acceptors (Lipinski definition) is 5. The van der Waals surface area contributed by atoms with E-state index in [1.54, 1.807) is 0 Å². The van der Waals surface area contributed by atoms with Gasteiger partial charge < -0.3 is 10.2 Å². The van der Waals surface area contributed by atoms with Crippen molar-refractivity contribution in [1.82, 2.24) is 10.2 Å². The average Bonchev–Trinajstić information content (AvgIpc) is 2.74. The Hall–Kier alpha value is -1.65. The van der Waals surface area contributed by atoms with E-state index in [0.29, 0.717) is 6.42 Å². The molecule has 0 aliphatic rings. The highest BCUT2D eigenvalue weighted by atomic mass is 16.4. The lowest BCUT2D eigenvalue weighted by Crippen LogP contribution is -1.99. The lowest BCUT2D eigenvalue weighted by Gasteiger charge is -1.98. The largest absolute Gasteiger partial charge is 0.400 e. The molecule has 1 aromatic heterocycles. The SMILES string of the molecule is C=CCCCCCCCC(=O)c1nnc(N)o1. The second kappa shape index (κ2) is 7.60. The Morgan fingerprint density at radius 2 is 1.94 bits per heavy atom.